The van der Waals surface area contributed by atoms with Crippen molar-refractivity contribution in [2.45, 2.75) is 38.1 Å². The minimum Gasteiger partial charge on any atom is -0.372 e. The molecular formula is C24H25N5O. The second-order valence-corrected chi connectivity index (χ2v) is 7.99. The zero-order valence-electron chi connectivity index (χ0n) is 16.9. The molecule has 0 saturated carbocycles. The van der Waals surface area contributed by atoms with E-state index in [1.165, 1.54) is 36.5 Å². The van der Waals surface area contributed by atoms with Gasteiger partial charge >= 0.3 is 0 Å². The minimum absolute atomic E-state index is 0.107. The van der Waals surface area contributed by atoms with Gasteiger partial charge in [-0.25, -0.2) is 4.98 Å². The maximum absolute atomic E-state index is 12.6. The largest absolute Gasteiger partial charge is 0.372 e. The molecule has 1 saturated heterocycles. The highest BCUT2D eigenvalue weighted by Crippen LogP contribution is 2.32. The molecule has 0 spiro atoms. The minimum atomic E-state index is -0.204. The number of aromatic nitrogens is 3. The van der Waals surface area contributed by atoms with Crippen molar-refractivity contribution < 1.29 is 4.79 Å². The van der Waals surface area contributed by atoms with Crippen LogP contribution in [0.4, 0.5) is 5.69 Å². The fraction of sp³-hybridized carbons (Fsp3) is 0.333. The predicted octanol–water partition coefficient (Wildman–Crippen LogP) is 3.95. The molecule has 30 heavy (non-hydrogen) atoms. The Kier molecular flexibility index (Phi) is 5.13. The number of hydrogen-bond acceptors (Lipinski definition) is 5. The van der Waals surface area contributed by atoms with Crippen molar-refractivity contribution >= 4 is 11.6 Å². The van der Waals surface area contributed by atoms with Crippen LogP contribution in [0.15, 0.2) is 55.0 Å². The van der Waals surface area contributed by atoms with E-state index in [2.05, 4.69) is 56.6 Å². The number of pyridine rings is 1. The predicted molar refractivity (Wildman–Crippen MR) is 116 cm³/mol. The van der Waals surface area contributed by atoms with Gasteiger partial charge in [0.25, 0.3) is 5.91 Å². The first-order valence-corrected chi connectivity index (χ1v) is 10.7. The molecule has 0 radical (unpaired) electrons. The molecule has 1 aliphatic carbocycles. The van der Waals surface area contributed by atoms with Crippen LogP contribution in [0.2, 0.25) is 0 Å². The normalized spacial score (nSPS) is 18.1. The van der Waals surface area contributed by atoms with Crippen molar-refractivity contribution in [2.75, 3.05) is 18.0 Å². The standard InChI is InChI=1S/C24H25N5O/c30-24(22-16-25-11-12-26-22)28-21-8-4-5-17-9-10-20(27-23(17)21)18-6-3-7-19(15-18)29-13-1-2-14-29/h3,6-7,9-12,15-16,21H,1-2,4-5,8,13-14H2,(H,28,30). The Hall–Kier alpha value is -3.28. The molecule has 1 aromatic carbocycles. The molecule has 1 atom stereocenters. The number of benzene rings is 1. The molecule has 1 aliphatic heterocycles. The van der Waals surface area contributed by atoms with Crippen LogP contribution >= 0.6 is 0 Å². The molecule has 0 bridgehead atoms. The van der Waals surface area contributed by atoms with Crippen molar-refractivity contribution in [1.82, 2.24) is 20.3 Å². The Balaban J connectivity index is 1.43. The van der Waals surface area contributed by atoms with E-state index in [-0.39, 0.29) is 11.9 Å². The van der Waals surface area contributed by atoms with Crippen LogP contribution < -0.4 is 10.2 Å². The fourth-order valence-corrected chi connectivity index (χ4v) is 4.44. The third-order valence-electron chi connectivity index (χ3n) is 6.00. The second-order valence-electron chi connectivity index (χ2n) is 7.99. The fourth-order valence-electron chi connectivity index (χ4n) is 4.44. The summed E-state index contributed by atoms with van der Waals surface area (Å²) in [5.41, 5.74) is 5.85. The second kappa shape index (κ2) is 8.22. The summed E-state index contributed by atoms with van der Waals surface area (Å²) in [5, 5.41) is 3.11. The third kappa shape index (κ3) is 3.77. The summed E-state index contributed by atoms with van der Waals surface area (Å²) in [5.74, 6) is -0.204. The lowest BCUT2D eigenvalue weighted by atomic mass is 9.91. The van der Waals surface area contributed by atoms with Gasteiger partial charge in [-0.15, -0.1) is 0 Å². The number of amides is 1. The van der Waals surface area contributed by atoms with Gasteiger partial charge in [0, 0.05) is 36.7 Å². The number of aryl methyl sites for hydroxylation is 1. The first-order chi connectivity index (χ1) is 14.8. The Morgan fingerprint density at radius 1 is 1.07 bits per heavy atom. The average molecular weight is 399 g/mol. The highest BCUT2D eigenvalue weighted by atomic mass is 16.1. The number of hydrogen-bond donors (Lipinski definition) is 1. The number of rotatable bonds is 4. The van der Waals surface area contributed by atoms with E-state index in [1.54, 1.807) is 6.20 Å². The topological polar surface area (TPSA) is 71.0 Å². The lowest BCUT2D eigenvalue weighted by molar-refractivity contribution is 0.0926. The molecule has 6 heteroatoms. The zero-order valence-corrected chi connectivity index (χ0v) is 16.9. The van der Waals surface area contributed by atoms with Gasteiger partial charge in [-0.1, -0.05) is 18.2 Å². The Morgan fingerprint density at radius 3 is 2.80 bits per heavy atom. The summed E-state index contributed by atoms with van der Waals surface area (Å²) in [6.07, 6.45) is 10.0. The van der Waals surface area contributed by atoms with E-state index >= 15 is 0 Å². The first-order valence-electron chi connectivity index (χ1n) is 10.7. The number of anilines is 1. The molecule has 1 unspecified atom stereocenters. The van der Waals surface area contributed by atoms with Crippen LogP contribution in [0.1, 0.15) is 53.5 Å². The molecule has 1 amide bonds. The summed E-state index contributed by atoms with van der Waals surface area (Å²) in [4.78, 5) is 28.2. The lowest BCUT2D eigenvalue weighted by Gasteiger charge is -2.26. The quantitative estimate of drug-likeness (QED) is 0.719. The molecule has 3 aromatic rings. The van der Waals surface area contributed by atoms with E-state index in [0.29, 0.717) is 5.69 Å². The molecule has 6 nitrogen and oxygen atoms in total. The molecule has 1 fully saturated rings. The SMILES string of the molecule is O=C(NC1CCCc2ccc(-c3cccc(N4CCCC4)c3)nc21)c1cnccn1. The number of fused-ring (bicyclic) bond motifs is 1. The van der Waals surface area contributed by atoms with Gasteiger partial charge in [0.1, 0.15) is 5.69 Å². The van der Waals surface area contributed by atoms with Crippen molar-refractivity contribution in [1.29, 1.82) is 0 Å². The Labute approximate surface area is 176 Å². The molecule has 5 rings (SSSR count). The van der Waals surface area contributed by atoms with E-state index in [9.17, 15) is 4.79 Å². The van der Waals surface area contributed by atoms with E-state index in [1.807, 2.05) is 0 Å². The zero-order chi connectivity index (χ0) is 20.3. The van der Waals surface area contributed by atoms with Gasteiger partial charge in [0.15, 0.2) is 0 Å². The summed E-state index contributed by atoms with van der Waals surface area (Å²) in [7, 11) is 0. The Bertz CT molecular complexity index is 1050. The highest BCUT2D eigenvalue weighted by Gasteiger charge is 2.25. The average Bonchev–Trinajstić information content (AvgIpc) is 3.35. The van der Waals surface area contributed by atoms with Crippen molar-refractivity contribution in [3.63, 3.8) is 0 Å². The van der Waals surface area contributed by atoms with Gasteiger partial charge in [0.05, 0.1) is 23.6 Å². The highest BCUT2D eigenvalue weighted by molar-refractivity contribution is 5.92. The summed E-state index contributed by atoms with van der Waals surface area (Å²) in [6.45, 7) is 2.25. The van der Waals surface area contributed by atoms with Crippen LogP contribution in [0.25, 0.3) is 11.3 Å². The summed E-state index contributed by atoms with van der Waals surface area (Å²) < 4.78 is 0. The van der Waals surface area contributed by atoms with Gasteiger partial charge in [0.2, 0.25) is 0 Å². The van der Waals surface area contributed by atoms with Crippen LogP contribution in [0.3, 0.4) is 0 Å². The van der Waals surface area contributed by atoms with Gasteiger partial charge in [-0.2, -0.15) is 0 Å². The van der Waals surface area contributed by atoms with Crippen molar-refractivity contribution in [3.05, 3.63) is 71.9 Å². The van der Waals surface area contributed by atoms with E-state index < -0.39 is 0 Å². The van der Waals surface area contributed by atoms with E-state index in [0.717, 1.165) is 49.3 Å². The number of nitrogens with one attached hydrogen (secondary N) is 1. The summed E-state index contributed by atoms with van der Waals surface area (Å²) >= 11 is 0. The molecule has 152 valence electrons. The third-order valence-corrected chi connectivity index (χ3v) is 6.00. The molecular weight excluding hydrogens is 374 g/mol. The molecule has 2 aliphatic rings. The Morgan fingerprint density at radius 2 is 1.97 bits per heavy atom. The monoisotopic (exact) mass is 399 g/mol. The van der Waals surface area contributed by atoms with Crippen molar-refractivity contribution in [3.8, 4) is 11.3 Å². The number of nitrogens with zero attached hydrogens (tertiary/aromatic N) is 4. The van der Waals surface area contributed by atoms with Crippen LogP contribution in [-0.2, 0) is 6.42 Å². The van der Waals surface area contributed by atoms with Crippen molar-refractivity contribution in [2.24, 2.45) is 0 Å². The van der Waals surface area contributed by atoms with Crippen LogP contribution in [0.5, 0.6) is 0 Å². The molecule has 1 N–H and O–H groups in total. The lowest BCUT2D eigenvalue weighted by Crippen LogP contribution is -2.32. The number of carbonyl (C=O) groups is 1. The van der Waals surface area contributed by atoms with Gasteiger partial charge < -0.3 is 10.2 Å². The van der Waals surface area contributed by atoms with Gasteiger partial charge in [-0.3, -0.25) is 14.8 Å². The molecule has 3 heterocycles. The number of carbonyl (C=O) groups excluding carboxylic acids is 1. The first kappa shape index (κ1) is 18.7. The van der Waals surface area contributed by atoms with Crippen LogP contribution in [0, 0.1) is 0 Å². The smallest absolute Gasteiger partial charge is 0.272 e. The maximum Gasteiger partial charge on any atom is 0.272 e. The maximum atomic E-state index is 12.6. The van der Waals surface area contributed by atoms with Gasteiger partial charge in [-0.05, 0) is 55.9 Å². The molecule has 2 aromatic heterocycles. The van der Waals surface area contributed by atoms with Crippen LogP contribution in [-0.4, -0.2) is 33.9 Å². The van der Waals surface area contributed by atoms with E-state index in [4.69, 9.17) is 4.98 Å². The summed E-state index contributed by atoms with van der Waals surface area (Å²) in [6, 6.07) is 12.8.